The number of unbranched alkanes of at least 4 members (excludes halogenated alkanes) is 1. The quantitative estimate of drug-likeness (QED) is 0.0170. The number of fused-ring (bicyclic) bond motifs is 1. The second-order valence-corrected chi connectivity index (χ2v) is 34.8. The van der Waals surface area contributed by atoms with Gasteiger partial charge in [0.05, 0.1) is 109 Å². The zero-order valence-electron chi connectivity index (χ0n) is 85.0. The molecule has 0 saturated heterocycles. The maximum absolute atomic E-state index is 12.0. The molecule has 756 valence electrons. The molecule has 1 atom stereocenters. The Morgan fingerprint density at radius 3 is 1.61 bits per heavy atom. The summed E-state index contributed by atoms with van der Waals surface area (Å²) in [6.07, 6.45) is 15.6. The van der Waals surface area contributed by atoms with Crippen molar-refractivity contribution in [3.8, 4) is 11.4 Å². The number of amides is 2. The lowest BCUT2D eigenvalue weighted by Gasteiger charge is -2.25. The molecule has 140 heavy (non-hydrogen) atoms. The number of carbonyl (C=O) groups excluding carboxylic acids is 7. The van der Waals surface area contributed by atoms with E-state index in [-0.39, 0.29) is 48.2 Å². The van der Waals surface area contributed by atoms with Crippen molar-refractivity contribution in [3.05, 3.63) is 252 Å². The van der Waals surface area contributed by atoms with Crippen LogP contribution >= 0.6 is 56.7 Å². The van der Waals surface area contributed by atoms with E-state index < -0.39 is 5.97 Å². The van der Waals surface area contributed by atoms with Gasteiger partial charge in [-0.05, 0) is 170 Å². The van der Waals surface area contributed by atoms with Gasteiger partial charge in [-0.15, -0.1) is 34.0 Å². The minimum absolute atomic E-state index is 0.0773. The molecule has 1 aliphatic heterocycles. The number of anilines is 9. The van der Waals surface area contributed by atoms with Crippen LogP contribution in [0.4, 0.5) is 48.7 Å². The van der Waals surface area contributed by atoms with E-state index in [1.165, 1.54) is 89.1 Å². The van der Waals surface area contributed by atoms with Crippen LogP contribution in [0.2, 0.25) is 0 Å². The van der Waals surface area contributed by atoms with Crippen LogP contribution in [-0.2, 0) is 59.1 Å². The van der Waals surface area contributed by atoms with Gasteiger partial charge in [0.1, 0.15) is 27.2 Å². The molecule has 2 aromatic carbocycles. The Balaban J connectivity index is 0.000000322. The minimum Gasteiger partial charge on any atom is -0.469 e. The first-order valence-electron chi connectivity index (χ1n) is 44.6. The van der Waals surface area contributed by atoms with Gasteiger partial charge in [0, 0.05) is 183 Å². The molecule has 11 aromatic heterocycles. The Bertz CT molecular complexity index is 5730. The molecule has 42 heteroatoms. The second-order valence-electron chi connectivity index (χ2n) is 30.1. The molecule has 0 bridgehead atoms. The van der Waals surface area contributed by atoms with Crippen molar-refractivity contribution in [1.29, 1.82) is 0 Å². The van der Waals surface area contributed by atoms with Gasteiger partial charge >= 0.3 is 29.8 Å². The van der Waals surface area contributed by atoms with Crippen molar-refractivity contribution in [2.45, 2.75) is 99.6 Å². The Labute approximate surface area is 842 Å². The monoisotopic (exact) mass is 2020 g/mol. The van der Waals surface area contributed by atoms with E-state index in [4.69, 9.17) is 14.2 Å². The summed E-state index contributed by atoms with van der Waals surface area (Å²) in [7, 11) is 33.9. The number of aryl methyl sites for hydroxylation is 5. The van der Waals surface area contributed by atoms with Crippen LogP contribution < -0.4 is 57.7 Å². The van der Waals surface area contributed by atoms with Crippen molar-refractivity contribution in [2.75, 3.05) is 201 Å². The first kappa shape index (κ1) is 118. The van der Waals surface area contributed by atoms with Gasteiger partial charge in [-0.2, -0.15) is 10.2 Å². The number of ether oxygens (including phenoxy) is 5. The molecule has 14 rings (SSSR count). The number of carbonyl (C=O) groups is 7. The number of thiazole rings is 4. The number of aromatic nitrogens is 12. The normalized spacial score (nSPS) is 10.6. The molecular weight excluding hydrogens is 1880 g/mol. The van der Waals surface area contributed by atoms with Gasteiger partial charge in [0.15, 0.2) is 26.2 Å². The van der Waals surface area contributed by atoms with Gasteiger partial charge in [0.25, 0.3) is 11.8 Å². The van der Waals surface area contributed by atoms with Gasteiger partial charge in [-0.3, -0.25) is 24.2 Å². The molecule has 9 N–H and O–H groups in total. The van der Waals surface area contributed by atoms with Crippen LogP contribution in [0.3, 0.4) is 0 Å². The largest absolute Gasteiger partial charge is 0.469 e. The van der Waals surface area contributed by atoms with Crippen LogP contribution in [0.1, 0.15) is 147 Å². The van der Waals surface area contributed by atoms with Crippen molar-refractivity contribution in [3.63, 3.8) is 0 Å². The maximum atomic E-state index is 12.0. The molecule has 0 saturated carbocycles. The fourth-order valence-electron chi connectivity index (χ4n) is 11.8. The number of hydrogen-bond acceptors (Lipinski definition) is 38. The Morgan fingerprint density at radius 2 is 1.12 bits per heavy atom. The van der Waals surface area contributed by atoms with Crippen molar-refractivity contribution in [1.82, 2.24) is 79.9 Å². The standard InChI is InChI=1S/C12H20N2OS.C12H15NO2.C11H14N4.C10H14N2O2.C9H10N4.2C8H12N2O2S.C8H11N.C7H11N3OS.C7H10N2.C6H8N2O2S/c1-5-6-7-9-8-10(13-2)16-11(9)12(15)14(3)4;1-13-6-5-9-3-4-10(12(14)15-2)7-11(9)8-13;1-8-6-9(2)15(14-8)10-4-5-13-11(7-10)12-3;1-11-9(7-10(13)14-2)8-5-3-4-6-12-8;1-10-9-7-8(3-5-11-9)13-6-2-4-12-13;1-4-12-7(11)6-5(2)10-8(9-3)13-6;1-3-12-7(11)4-6-5-13-8(9-2)10-6;1-9(2)8-6-4-3-5-7-8;1-4-5(6(11)8-2)12-7(9-3)10-4;1-9(2)7-5-3-4-6-8-7;1-7-6-8-4(3-11-6)5(9)10-2/h8,13H,5-7H2,1-4H3;3-4,7H,5-6,8H2,1-2H3;4-7H,1-3H3,(H,12,13);3-6,9,11H,7H2,1-2H3;2-7H,1H3,(H,10,11);4H2,1-3H3,(H,9,10);5H,3-4H2,1-2H3,(H,9,10);3-7H,1-2H3;1-3H3,(H,8,11)(H,9,10);3-6H,1-2H3;3H,1-2H3,(H,7,8). The van der Waals surface area contributed by atoms with E-state index in [2.05, 4.69) is 155 Å². The predicted molar refractivity (Wildman–Crippen MR) is 569 cm³/mol. The van der Waals surface area contributed by atoms with Crippen LogP contribution in [-0.4, -0.2) is 265 Å². The summed E-state index contributed by atoms with van der Waals surface area (Å²) in [4.78, 5) is 122. The summed E-state index contributed by atoms with van der Waals surface area (Å²) in [6.45, 7) is 16.2. The fourth-order valence-corrected chi connectivity index (χ4v) is 15.9. The second kappa shape index (κ2) is 65.8. The Hall–Kier alpha value is -13.9. The molecule has 12 heterocycles. The number of benzene rings is 2. The first-order chi connectivity index (χ1) is 67.2. The third kappa shape index (κ3) is 42.2. The number of hydrogen-bond donors (Lipinski definition) is 9. The molecule has 1 unspecified atom stereocenters. The third-order valence-corrected chi connectivity index (χ3v) is 24.4. The zero-order chi connectivity index (χ0) is 104. The lowest BCUT2D eigenvalue weighted by molar-refractivity contribution is -0.142. The summed E-state index contributed by atoms with van der Waals surface area (Å²) in [6, 6.07) is 41.3. The zero-order valence-corrected chi connectivity index (χ0v) is 89.1. The lowest BCUT2D eigenvalue weighted by atomic mass is 9.98. The number of likely N-dealkylation sites (N-methyl/N-ethyl adjacent to an activating group) is 1. The number of esters is 5. The average Bonchev–Trinajstić information content (AvgIpc) is 1.67. The van der Waals surface area contributed by atoms with E-state index in [1.807, 2.05) is 194 Å². The van der Waals surface area contributed by atoms with Crippen LogP contribution in [0.25, 0.3) is 11.4 Å². The third-order valence-electron chi connectivity index (χ3n) is 19.1. The van der Waals surface area contributed by atoms with Crippen LogP contribution in [0.5, 0.6) is 0 Å². The molecular formula is C98H137N25O12S5. The SMILES string of the molecule is CCCCc1cc(NC)sc1C(=O)N(C)C.CCOC(=O)Cc1csc(NC)n1.CCOC(=O)c1sc(NC)nc1C.CN(C)c1ccccc1.CN(C)c1ccccn1.CNC(=O)c1sc(NC)nc1C.CNC(CC(=O)OC)c1ccccn1.CNc1cc(-n2cccn2)ccn1.CNc1cc(-n2nc(C)cc2C)ccn1.CNc1nc(C(=O)OC)cs1.COC(=O)c1ccc2c(c1)CN(C)CC2. The molecule has 1 aliphatic rings. The highest BCUT2D eigenvalue weighted by Gasteiger charge is 2.21. The number of nitrogens with one attached hydrogen (secondary N) is 9. The average molecular weight is 2020 g/mol. The van der Waals surface area contributed by atoms with E-state index >= 15 is 0 Å². The summed E-state index contributed by atoms with van der Waals surface area (Å²) in [5.41, 5.74) is 13.3. The van der Waals surface area contributed by atoms with Gasteiger partial charge in [-0.25, -0.2) is 58.6 Å². The van der Waals surface area contributed by atoms with Gasteiger partial charge in [0.2, 0.25) is 0 Å². The number of rotatable bonds is 27. The Morgan fingerprint density at radius 1 is 0.521 bits per heavy atom. The Kier molecular flexibility index (Phi) is 55.6. The van der Waals surface area contributed by atoms with Crippen molar-refractivity contribution in [2.24, 2.45) is 0 Å². The predicted octanol–water partition coefficient (Wildman–Crippen LogP) is 16.1. The summed E-state index contributed by atoms with van der Waals surface area (Å²) in [5.74, 6) is 1.30. The molecule has 13 aromatic rings. The summed E-state index contributed by atoms with van der Waals surface area (Å²) < 4.78 is 27.1. The van der Waals surface area contributed by atoms with E-state index in [0.717, 1.165) is 121 Å². The summed E-state index contributed by atoms with van der Waals surface area (Å²) >= 11 is 7.06. The molecule has 37 nitrogen and oxygen atoms in total. The molecule has 2 amide bonds. The molecule has 0 spiro atoms. The van der Waals surface area contributed by atoms with Crippen LogP contribution in [0, 0.1) is 27.7 Å². The highest BCUT2D eigenvalue weighted by molar-refractivity contribution is 7.18. The van der Waals surface area contributed by atoms with Gasteiger partial charge < -0.3 is 91.1 Å². The van der Waals surface area contributed by atoms with Crippen LogP contribution in [0.15, 0.2) is 175 Å². The lowest BCUT2D eigenvalue weighted by Crippen LogP contribution is -2.26. The van der Waals surface area contributed by atoms with E-state index in [1.54, 1.807) is 134 Å². The fraction of sp³-hybridized carbons (Fsp3) is 0.378. The van der Waals surface area contributed by atoms with E-state index in [9.17, 15) is 33.6 Å². The topological polar surface area (TPSA) is 426 Å². The van der Waals surface area contributed by atoms with Crippen molar-refractivity contribution < 1.29 is 57.2 Å². The highest BCUT2D eigenvalue weighted by Crippen LogP contribution is 2.30. The minimum atomic E-state index is -0.400. The molecule has 0 fully saturated rings. The number of para-hydroxylation sites is 1. The molecule has 0 aliphatic carbocycles. The number of nitrogens with zero attached hydrogens (tertiary/aromatic N) is 16. The smallest absolute Gasteiger partial charge is 0.357 e. The first-order valence-corrected chi connectivity index (χ1v) is 48.8. The molecule has 0 radical (unpaired) electrons. The number of thiophene rings is 1. The number of pyridine rings is 4. The van der Waals surface area contributed by atoms with Gasteiger partial charge in [-0.1, -0.05) is 72.4 Å². The van der Waals surface area contributed by atoms with Crippen molar-refractivity contribution >= 4 is 147 Å². The highest BCUT2D eigenvalue weighted by atomic mass is 32.1. The maximum Gasteiger partial charge on any atom is 0.357 e. The number of methoxy groups -OCH3 is 3. The summed E-state index contributed by atoms with van der Waals surface area (Å²) in [5, 5.41) is 42.3. The van der Waals surface area contributed by atoms with E-state index in [0.29, 0.717) is 51.5 Å².